The van der Waals surface area contributed by atoms with E-state index in [-0.39, 0.29) is 11.3 Å². The molecule has 0 radical (unpaired) electrons. The summed E-state index contributed by atoms with van der Waals surface area (Å²) in [6.45, 7) is 1.96. The van der Waals surface area contributed by atoms with Crippen LogP contribution in [0.2, 0.25) is 0 Å². The number of benzene rings is 1. The molecule has 0 heterocycles. The Bertz CT molecular complexity index is 485. The largest absolute Gasteiger partial charge is 0.374 e. The molecule has 1 N–H and O–H groups in total. The van der Waals surface area contributed by atoms with E-state index in [0.717, 1.165) is 12.1 Å². The number of nitriles is 1. The highest BCUT2D eigenvalue weighted by molar-refractivity contribution is 5.75. The Labute approximate surface area is 95.8 Å². The first-order chi connectivity index (χ1) is 8.01. The summed E-state index contributed by atoms with van der Waals surface area (Å²) in [6, 6.07) is 3.66. The van der Waals surface area contributed by atoms with Crippen molar-refractivity contribution in [3.63, 3.8) is 0 Å². The molecular formula is C9H8N4O4. The van der Waals surface area contributed by atoms with Gasteiger partial charge in [0.2, 0.25) is 0 Å². The Hall–Kier alpha value is -2.69. The average Bonchev–Trinajstić information content (AvgIpc) is 2.28. The van der Waals surface area contributed by atoms with Gasteiger partial charge in [-0.25, -0.2) is 0 Å². The van der Waals surface area contributed by atoms with Crippen molar-refractivity contribution in [2.24, 2.45) is 0 Å². The number of rotatable bonds is 4. The summed E-state index contributed by atoms with van der Waals surface area (Å²) in [5.41, 5.74) is -1.25. The summed E-state index contributed by atoms with van der Waals surface area (Å²) >= 11 is 0. The van der Waals surface area contributed by atoms with Crippen LogP contribution < -0.4 is 5.32 Å². The van der Waals surface area contributed by atoms with Gasteiger partial charge in [-0.3, -0.25) is 20.2 Å². The van der Waals surface area contributed by atoms with Gasteiger partial charge in [0.25, 0.3) is 0 Å². The molecular weight excluding hydrogens is 228 g/mol. The first-order valence-electron chi connectivity index (χ1n) is 4.62. The zero-order chi connectivity index (χ0) is 13.0. The van der Waals surface area contributed by atoms with Gasteiger partial charge in [0.05, 0.1) is 21.5 Å². The lowest BCUT2D eigenvalue weighted by molar-refractivity contribution is -0.392. The molecule has 0 aliphatic carbocycles. The van der Waals surface area contributed by atoms with Crippen LogP contribution in [0, 0.1) is 31.6 Å². The molecule has 1 aromatic carbocycles. The van der Waals surface area contributed by atoms with E-state index in [2.05, 4.69) is 5.32 Å². The molecule has 0 spiro atoms. The first kappa shape index (κ1) is 12.4. The highest BCUT2D eigenvalue weighted by Crippen LogP contribution is 2.35. The minimum absolute atomic E-state index is 0.120. The maximum atomic E-state index is 10.8. The van der Waals surface area contributed by atoms with Gasteiger partial charge in [-0.1, -0.05) is 0 Å². The Morgan fingerprint density at radius 3 is 2.06 bits per heavy atom. The maximum Gasteiger partial charge on any atom is 0.300 e. The molecule has 8 nitrogen and oxygen atoms in total. The molecule has 0 amide bonds. The molecule has 0 aliphatic rings. The molecule has 1 aromatic rings. The quantitative estimate of drug-likeness (QED) is 0.628. The zero-order valence-electron chi connectivity index (χ0n) is 8.84. The lowest BCUT2D eigenvalue weighted by Crippen LogP contribution is -2.05. The van der Waals surface area contributed by atoms with Crippen LogP contribution in [0.5, 0.6) is 0 Å². The van der Waals surface area contributed by atoms with Crippen LogP contribution in [0.3, 0.4) is 0 Å². The van der Waals surface area contributed by atoms with Crippen molar-refractivity contribution >= 4 is 17.1 Å². The monoisotopic (exact) mass is 236 g/mol. The molecule has 8 heteroatoms. The SMILES string of the molecule is CCNc1c([N+](=O)[O-])cc(C#N)cc1[N+](=O)[O-]. The summed E-state index contributed by atoms with van der Waals surface area (Å²) in [5.74, 6) is 0. The van der Waals surface area contributed by atoms with Crippen LogP contribution in [-0.4, -0.2) is 16.4 Å². The normalized spacial score (nSPS) is 9.41. The molecule has 0 bridgehead atoms. The lowest BCUT2D eigenvalue weighted by Gasteiger charge is -2.05. The Morgan fingerprint density at radius 2 is 1.76 bits per heavy atom. The van der Waals surface area contributed by atoms with Gasteiger partial charge in [-0.15, -0.1) is 0 Å². The molecule has 0 unspecified atom stereocenters. The van der Waals surface area contributed by atoms with Crippen LogP contribution in [0.4, 0.5) is 17.1 Å². The summed E-state index contributed by atoms with van der Waals surface area (Å²) in [7, 11) is 0. The molecule has 0 fully saturated rings. The smallest absolute Gasteiger partial charge is 0.300 e. The van der Waals surface area contributed by atoms with Gasteiger partial charge < -0.3 is 5.32 Å². The fraction of sp³-hybridized carbons (Fsp3) is 0.222. The Balaban J connectivity index is 3.56. The number of nitro benzene ring substituents is 2. The number of hydrogen-bond donors (Lipinski definition) is 1. The molecule has 0 aliphatic heterocycles. The van der Waals surface area contributed by atoms with Crippen LogP contribution in [0.15, 0.2) is 12.1 Å². The molecule has 0 atom stereocenters. The van der Waals surface area contributed by atoms with Gasteiger partial charge in [0.15, 0.2) is 5.69 Å². The van der Waals surface area contributed by atoms with E-state index in [1.54, 1.807) is 13.0 Å². The van der Waals surface area contributed by atoms with Crippen molar-refractivity contribution < 1.29 is 9.85 Å². The van der Waals surface area contributed by atoms with Crippen molar-refractivity contribution in [2.45, 2.75) is 6.92 Å². The van der Waals surface area contributed by atoms with Crippen LogP contribution >= 0.6 is 0 Å². The third-order valence-corrected chi connectivity index (χ3v) is 1.97. The fourth-order valence-corrected chi connectivity index (χ4v) is 1.32. The average molecular weight is 236 g/mol. The second-order valence-corrected chi connectivity index (χ2v) is 3.05. The van der Waals surface area contributed by atoms with Gasteiger partial charge in [0, 0.05) is 18.7 Å². The van der Waals surface area contributed by atoms with Crippen LogP contribution in [0.25, 0.3) is 0 Å². The lowest BCUT2D eigenvalue weighted by atomic mass is 10.1. The third-order valence-electron chi connectivity index (χ3n) is 1.97. The molecule has 0 saturated carbocycles. The second kappa shape index (κ2) is 4.89. The summed E-state index contributed by atoms with van der Waals surface area (Å²) in [6.07, 6.45) is 0. The number of anilines is 1. The van der Waals surface area contributed by atoms with E-state index in [1.165, 1.54) is 0 Å². The standard InChI is InChI=1S/C9H8N4O4/c1-2-11-9-7(12(14)15)3-6(5-10)4-8(9)13(16)17/h3-4,11H,2H2,1H3. The summed E-state index contributed by atoms with van der Waals surface area (Å²) in [4.78, 5) is 20.0. The van der Waals surface area contributed by atoms with Gasteiger partial charge in [0.1, 0.15) is 0 Å². The molecule has 88 valence electrons. The van der Waals surface area contributed by atoms with Crippen LogP contribution in [0.1, 0.15) is 12.5 Å². The highest BCUT2D eigenvalue weighted by atomic mass is 16.6. The van der Waals surface area contributed by atoms with Crippen molar-refractivity contribution in [3.05, 3.63) is 37.9 Å². The van der Waals surface area contributed by atoms with Gasteiger partial charge >= 0.3 is 11.4 Å². The topological polar surface area (TPSA) is 122 Å². The van der Waals surface area contributed by atoms with Gasteiger partial charge in [-0.2, -0.15) is 5.26 Å². The van der Waals surface area contributed by atoms with Crippen LogP contribution in [-0.2, 0) is 0 Å². The number of nitrogens with zero attached hydrogens (tertiary/aromatic N) is 3. The van der Waals surface area contributed by atoms with E-state index in [1.807, 2.05) is 0 Å². The molecule has 0 saturated heterocycles. The fourth-order valence-electron chi connectivity index (χ4n) is 1.32. The predicted molar refractivity (Wildman–Crippen MR) is 58.6 cm³/mol. The summed E-state index contributed by atoms with van der Waals surface area (Å²) < 4.78 is 0. The van der Waals surface area contributed by atoms with E-state index in [4.69, 9.17) is 5.26 Å². The Morgan fingerprint density at radius 1 is 1.29 bits per heavy atom. The first-order valence-corrected chi connectivity index (χ1v) is 4.62. The number of hydrogen-bond acceptors (Lipinski definition) is 6. The number of nitro groups is 2. The Kier molecular flexibility index (Phi) is 3.56. The van der Waals surface area contributed by atoms with Crippen molar-refractivity contribution in [3.8, 4) is 6.07 Å². The molecule has 0 aromatic heterocycles. The third kappa shape index (κ3) is 2.46. The second-order valence-electron chi connectivity index (χ2n) is 3.05. The minimum atomic E-state index is -0.758. The van der Waals surface area contributed by atoms with Gasteiger partial charge in [-0.05, 0) is 6.92 Å². The summed E-state index contributed by atoms with van der Waals surface area (Å²) in [5, 5.41) is 32.8. The van der Waals surface area contributed by atoms with E-state index < -0.39 is 21.2 Å². The maximum absolute atomic E-state index is 10.8. The van der Waals surface area contributed by atoms with E-state index >= 15 is 0 Å². The van der Waals surface area contributed by atoms with Crippen molar-refractivity contribution in [2.75, 3.05) is 11.9 Å². The number of nitrogens with one attached hydrogen (secondary N) is 1. The molecule has 17 heavy (non-hydrogen) atoms. The minimum Gasteiger partial charge on any atom is -0.374 e. The zero-order valence-corrected chi connectivity index (χ0v) is 8.84. The van der Waals surface area contributed by atoms with Crippen molar-refractivity contribution in [1.82, 2.24) is 0 Å². The van der Waals surface area contributed by atoms with E-state index in [9.17, 15) is 20.2 Å². The van der Waals surface area contributed by atoms with E-state index in [0.29, 0.717) is 6.54 Å². The highest BCUT2D eigenvalue weighted by Gasteiger charge is 2.26. The predicted octanol–water partition coefficient (Wildman–Crippen LogP) is 1.81. The molecule has 1 rings (SSSR count). The van der Waals surface area contributed by atoms with Crippen molar-refractivity contribution in [1.29, 1.82) is 5.26 Å².